The fraction of sp³-hybridized carbons (Fsp3) is 0.891. The molecule has 0 bridgehead atoms. The summed E-state index contributed by atoms with van der Waals surface area (Å²) in [5.41, 5.74) is 0. The third-order valence-corrected chi connectivity index (χ3v) is 11.1. The first-order valence-electron chi connectivity index (χ1n) is 23.1. The zero-order valence-electron chi connectivity index (χ0n) is 36.9. The first-order chi connectivity index (χ1) is 26.6. The number of ether oxygens (including phenoxy) is 2. The van der Waals surface area contributed by atoms with Crippen molar-refractivity contribution in [1.29, 1.82) is 0 Å². The van der Waals surface area contributed by atoms with Crippen LogP contribution in [0.1, 0.15) is 213 Å². The van der Waals surface area contributed by atoms with Crippen molar-refractivity contribution in [2.24, 2.45) is 0 Å². The SMILES string of the molecule is CCCCCC/C=C\CCCCCCCC/C=C\OC[C@H](COP(=O)(O)OCC[N+](C)(C)C)OC(=O)CCCCCCCCCCCCCCCCCCC. The van der Waals surface area contributed by atoms with Gasteiger partial charge in [0.05, 0.1) is 34.0 Å². The predicted octanol–water partition coefficient (Wildman–Crippen LogP) is 14.0. The number of carbonyl (C=O) groups is 1. The number of carbonyl (C=O) groups excluding carboxylic acids is 1. The second-order valence-electron chi connectivity index (χ2n) is 16.9. The van der Waals surface area contributed by atoms with E-state index in [1.807, 2.05) is 27.2 Å². The molecule has 0 rings (SSSR count). The summed E-state index contributed by atoms with van der Waals surface area (Å²) in [5.74, 6) is -0.334. The number of likely N-dealkylation sites (N-methyl/N-ethyl adjacent to an activating group) is 1. The molecular formula is C46H91NO7P+. The van der Waals surface area contributed by atoms with E-state index in [-0.39, 0.29) is 25.8 Å². The van der Waals surface area contributed by atoms with Crippen LogP contribution in [-0.2, 0) is 27.9 Å². The van der Waals surface area contributed by atoms with Crippen molar-refractivity contribution in [3.8, 4) is 0 Å². The highest BCUT2D eigenvalue weighted by molar-refractivity contribution is 7.47. The van der Waals surface area contributed by atoms with Crippen LogP contribution in [0.4, 0.5) is 0 Å². The standard InChI is InChI=1S/C46H90NO7P/c1-6-8-10-12-14-16-18-20-22-24-25-27-29-31-33-35-37-39-46(48)54-45(44-53-55(49,50)52-42-40-47(3,4)5)43-51-41-38-36-34-32-30-28-26-23-21-19-17-15-13-11-9-7-2/h17,19,38,41,45H,6-16,18,20-37,39-40,42-44H2,1-5H3/p+1/b19-17-,41-38-/t45-/m1/s1. The van der Waals surface area contributed by atoms with E-state index < -0.39 is 13.9 Å². The normalized spacial score (nSPS) is 13.9. The van der Waals surface area contributed by atoms with Gasteiger partial charge in [0.15, 0.2) is 6.10 Å². The first kappa shape index (κ1) is 53.8. The van der Waals surface area contributed by atoms with Crippen molar-refractivity contribution in [2.75, 3.05) is 47.5 Å². The van der Waals surface area contributed by atoms with E-state index in [1.165, 1.54) is 161 Å². The molecule has 0 aromatic heterocycles. The third kappa shape index (κ3) is 43.8. The molecule has 0 saturated carbocycles. The number of esters is 1. The average Bonchev–Trinajstić information content (AvgIpc) is 3.13. The summed E-state index contributed by atoms with van der Waals surface area (Å²) in [6, 6.07) is 0. The summed E-state index contributed by atoms with van der Waals surface area (Å²) in [6.07, 6.45) is 45.9. The average molecular weight is 801 g/mol. The number of unbranched alkanes of at least 4 members (excludes halogenated alkanes) is 27. The summed E-state index contributed by atoms with van der Waals surface area (Å²) < 4.78 is 34.8. The second kappa shape index (κ2) is 39.6. The number of phosphoric acid groups is 1. The molecule has 1 N–H and O–H groups in total. The van der Waals surface area contributed by atoms with Crippen molar-refractivity contribution in [2.45, 2.75) is 219 Å². The lowest BCUT2D eigenvalue weighted by molar-refractivity contribution is -0.870. The van der Waals surface area contributed by atoms with Crippen molar-refractivity contribution in [3.63, 3.8) is 0 Å². The first-order valence-corrected chi connectivity index (χ1v) is 24.6. The van der Waals surface area contributed by atoms with Crippen molar-refractivity contribution < 1.29 is 37.3 Å². The quantitative estimate of drug-likeness (QED) is 0.0164. The summed E-state index contributed by atoms with van der Waals surface area (Å²) in [4.78, 5) is 22.9. The van der Waals surface area contributed by atoms with Crippen LogP contribution in [0.5, 0.6) is 0 Å². The summed E-state index contributed by atoms with van der Waals surface area (Å²) in [6.45, 7) is 4.94. The molecule has 0 aliphatic carbocycles. The number of rotatable bonds is 43. The topological polar surface area (TPSA) is 91.3 Å². The number of nitrogens with zero attached hydrogens (tertiary/aromatic N) is 1. The van der Waals surface area contributed by atoms with E-state index in [9.17, 15) is 14.3 Å². The van der Waals surface area contributed by atoms with E-state index in [0.717, 1.165) is 32.1 Å². The molecule has 8 nitrogen and oxygen atoms in total. The maximum Gasteiger partial charge on any atom is 0.472 e. The van der Waals surface area contributed by atoms with Gasteiger partial charge in [-0.1, -0.05) is 174 Å². The Labute approximate surface area is 341 Å². The van der Waals surface area contributed by atoms with Gasteiger partial charge in [-0.3, -0.25) is 13.8 Å². The van der Waals surface area contributed by atoms with Crippen LogP contribution in [0.25, 0.3) is 0 Å². The van der Waals surface area contributed by atoms with Gasteiger partial charge in [-0.2, -0.15) is 0 Å². The smallest absolute Gasteiger partial charge is 0.472 e. The molecule has 0 spiro atoms. The summed E-state index contributed by atoms with van der Waals surface area (Å²) in [5, 5.41) is 0. The molecule has 2 atom stereocenters. The maximum absolute atomic E-state index is 12.7. The van der Waals surface area contributed by atoms with Gasteiger partial charge in [-0.15, -0.1) is 0 Å². The van der Waals surface area contributed by atoms with E-state index in [1.54, 1.807) is 6.26 Å². The van der Waals surface area contributed by atoms with E-state index in [4.69, 9.17) is 18.5 Å². The van der Waals surface area contributed by atoms with Crippen molar-refractivity contribution in [3.05, 3.63) is 24.5 Å². The Bertz CT molecular complexity index is 936. The van der Waals surface area contributed by atoms with Crippen molar-refractivity contribution >= 4 is 13.8 Å². The fourth-order valence-corrected chi connectivity index (χ4v) is 7.20. The highest BCUT2D eigenvalue weighted by atomic mass is 31.2. The van der Waals surface area contributed by atoms with Gasteiger partial charge in [-0.25, -0.2) is 4.57 Å². The number of allylic oxidation sites excluding steroid dienone is 3. The van der Waals surface area contributed by atoms with E-state index in [2.05, 4.69) is 26.0 Å². The minimum absolute atomic E-state index is 0.0490. The fourth-order valence-electron chi connectivity index (χ4n) is 6.45. The van der Waals surface area contributed by atoms with Crippen LogP contribution in [0.3, 0.4) is 0 Å². The summed E-state index contributed by atoms with van der Waals surface area (Å²) in [7, 11) is 1.64. The van der Waals surface area contributed by atoms with Gasteiger partial charge in [-0.05, 0) is 51.0 Å². The molecule has 0 fully saturated rings. The molecular weight excluding hydrogens is 709 g/mol. The second-order valence-corrected chi connectivity index (χ2v) is 18.3. The minimum Gasteiger partial charge on any atom is -0.498 e. The van der Waals surface area contributed by atoms with Crippen LogP contribution >= 0.6 is 7.82 Å². The lowest BCUT2D eigenvalue weighted by Gasteiger charge is -2.24. The van der Waals surface area contributed by atoms with Crippen LogP contribution < -0.4 is 0 Å². The Balaban J connectivity index is 4.24. The van der Waals surface area contributed by atoms with Gasteiger partial charge >= 0.3 is 13.8 Å². The monoisotopic (exact) mass is 801 g/mol. The van der Waals surface area contributed by atoms with Crippen LogP contribution in [0.15, 0.2) is 24.5 Å². The lowest BCUT2D eigenvalue weighted by atomic mass is 10.0. The van der Waals surface area contributed by atoms with Gasteiger partial charge in [0, 0.05) is 6.42 Å². The molecule has 9 heteroatoms. The number of quaternary nitrogens is 1. The van der Waals surface area contributed by atoms with Gasteiger partial charge in [0.2, 0.25) is 0 Å². The molecule has 1 unspecified atom stereocenters. The Morgan fingerprint density at radius 1 is 0.564 bits per heavy atom. The molecule has 0 aromatic rings. The minimum atomic E-state index is -4.29. The van der Waals surface area contributed by atoms with Gasteiger partial charge < -0.3 is 18.9 Å². The number of hydrogen-bond donors (Lipinski definition) is 1. The lowest BCUT2D eigenvalue weighted by Crippen LogP contribution is -2.37. The Hall–Kier alpha value is -1.18. The summed E-state index contributed by atoms with van der Waals surface area (Å²) >= 11 is 0. The third-order valence-electron chi connectivity index (χ3n) is 10.1. The van der Waals surface area contributed by atoms with Crippen LogP contribution in [-0.4, -0.2) is 69.0 Å². The molecule has 326 valence electrons. The highest BCUT2D eigenvalue weighted by Crippen LogP contribution is 2.43. The van der Waals surface area contributed by atoms with Crippen molar-refractivity contribution in [1.82, 2.24) is 0 Å². The predicted molar refractivity (Wildman–Crippen MR) is 233 cm³/mol. The van der Waals surface area contributed by atoms with E-state index in [0.29, 0.717) is 17.4 Å². The van der Waals surface area contributed by atoms with Gasteiger partial charge in [0.25, 0.3) is 0 Å². The molecule has 55 heavy (non-hydrogen) atoms. The van der Waals surface area contributed by atoms with E-state index >= 15 is 0 Å². The molecule has 0 saturated heterocycles. The zero-order chi connectivity index (χ0) is 40.6. The Morgan fingerprint density at radius 2 is 0.964 bits per heavy atom. The Morgan fingerprint density at radius 3 is 1.42 bits per heavy atom. The number of hydrogen-bond acceptors (Lipinski definition) is 6. The molecule has 0 aliphatic rings. The van der Waals surface area contributed by atoms with Crippen LogP contribution in [0, 0.1) is 0 Å². The number of phosphoric ester groups is 1. The molecule has 0 heterocycles. The van der Waals surface area contributed by atoms with Crippen LogP contribution in [0.2, 0.25) is 0 Å². The molecule has 0 aliphatic heterocycles. The molecule has 0 aromatic carbocycles. The van der Waals surface area contributed by atoms with Gasteiger partial charge in [0.1, 0.15) is 19.8 Å². The highest BCUT2D eigenvalue weighted by Gasteiger charge is 2.26. The molecule has 0 amide bonds. The maximum atomic E-state index is 12.7. The largest absolute Gasteiger partial charge is 0.498 e. The Kier molecular flexibility index (Phi) is 38.8. The molecule has 0 radical (unpaired) electrons. The zero-order valence-corrected chi connectivity index (χ0v) is 37.8.